The van der Waals surface area contributed by atoms with Crippen molar-refractivity contribution in [3.05, 3.63) is 11.7 Å². The molecule has 1 aromatic rings. The molecule has 19 heavy (non-hydrogen) atoms. The van der Waals surface area contributed by atoms with Gasteiger partial charge in [0, 0.05) is 18.9 Å². The highest BCUT2D eigenvalue weighted by molar-refractivity contribution is 5.82. The Morgan fingerprint density at radius 2 is 2.11 bits per heavy atom. The molecular formula is C14H19N3O2. The minimum Gasteiger partial charge on any atom is -0.355 e. The summed E-state index contributed by atoms with van der Waals surface area (Å²) in [6.45, 7) is 2.40. The maximum absolute atomic E-state index is 12.2. The van der Waals surface area contributed by atoms with Crippen molar-refractivity contribution in [3.63, 3.8) is 0 Å². The first kappa shape index (κ1) is 11.4. The Kier molecular flexibility index (Phi) is 2.44. The van der Waals surface area contributed by atoms with E-state index in [0.29, 0.717) is 42.4 Å². The van der Waals surface area contributed by atoms with Crippen LogP contribution in [-0.2, 0) is 11.2 Å². The quantitative estimate of drug-likeness (QED) is 0.887. The molecule has 1 N–H and O–H groups in total. The predicted octanol–water partition coefficient (Wildman–Crippen LogP) is 1.33. The molecular weight excluding hydrogens is 242 g/mol. The monoisotopic (exact) mass is 261 g/mol. The number of fused-ring (bicyclic) bond motifs is 5. The topological polar surface area (TPSA) is 68.0 Å². The summed E-state index contributed by atoms with van der Waals surface area (Å²) in [5.41, 5.74) is 0. The van der Waals surface area contributed by atoms with Crippen LogP contribution >= 0.6 is 0 Å². The fourth-order valence-corrected chi connectivity index (χ4v) is 4.53. The zero-order chi connectivity index (χ0) is 13.0. The number of aromatic nitrogens is 2. The molecule has 5 heteroatoms. The van der Waals surface area contributed by atoms with Crippen LogP contribution in [0.3, 0.4) is 0 Å². The lowest BCUT2D eigenvalue weighted by Gasteiger charge is -2.08. The van der Waals surface area contributed by atoms with Crippen LogP contribution in [0, 0.1) is 36.5 Å². The Morgan fingerprint density at radius 3 is 2.74 bits per heavy atom. The third-order valence-corrected chi connectivity index (χ3v) is 5.25. The summed E-state index contributed by atoms with van der Waals surface area (Å²) in [6, 6.07) is 0. The van der Waals surface area contributed by atoms with E-state index in [0.717, 1.165) is 11.8 Å². The van der Waals surface area contributed by atoms with Crippen molar-refractivity contribution in [3.8, 4) is 0 Å². The molecule has 3 aliphatic rings. The average molecular weight is 261 g/mol. The van der Waals surface area contributed by atoms with Crippen LogP contribution in [0.4, 0.5) is 0 Å². The first-order chi connectivity index (χ1) is 9.24. The van der Waals surface area contributed by atoms with Crippen LogP contribution < -0.4 is 5.32 Å². The van der Waals surface area contributed by atoms with Crippen LogP contribution in [0.15, 0.2) is 4.52 Å². The number of amides is 1. The molecule has 0 spiro atoms. The Bertz CT molecular complexity index is 497. The van der Waals surface area contributed by atoms with E-state index in [1.807, 2.05) is 0 Å². The highest BCUT2D eigenvalue weighted by atomic mass is 16.5. The Balaban J connectivity index is 1.27. The molecule has 5 nitrogen and oxygen atoms in total. The molecule has 0 radical (unpaired) electrons. The van der Waals surface area contributed by atoms with Crippen LogP contribution in [0.1, 0.15) is 31.0 Å². The van der Waals surface area contributed by atoms with Crippen molar-refractivity contribution in [2.24, 2.45) is 29.6 Å². The number of carbonyl (C=O) groups is 1. The zero-order valence-corrected chi connectivity index (χ0v) is 11.1. The molecule has 4 rings (SSSR count). The summed E-state index contributed by atoms with van der Waals surface area (Å²) in [4.78, 5) is 16.3. The average Bonchev–Trinajstić information content (AvgIpc) is 2.74. The number of hydrogen-bond donors (Lipinski definition) is 1. The molecule has 3 fully saturated rings. The molecule has 1 unspecified atom stereocenters. The number of nitrogens with one attached hydrogen (secondary N) is 1. The number of aryl methyl sites for hydroxylation is 1. The van der Waals surface area contributed by atoms with Crippen LogP contribution in [0.2, 0.25) is 0 Å². The fourth-order valence-electron chi connectivity index (χ4n) is 4.53. The van der Waals surface area contributed by atoms with Gasteiger partial charge in [0.25, 0.3) is 0 Å². The second-order valence-corrected chi connectivity index (χ2v) is 6.29. The van der Waals surface area contributed by atoms with Gasteiger partial charge in [0.05, 0.1) is 0 Å². The van der Waals surface area contributed by atoms with Gasteiger partial charge in [0.15, 0.2) is 5.82 Å². The molecule has 1 amide bonds. The van der Waals surface area contributed by atoms with E-state index in [-0.39, 0.29) is 5.91 Å². The Morgan fingerprint density at radius 1 is 1.37 bits per heavy atom. The lowest BCUT2D eigenvalue weighted by atomic mass is 10.0. The molecule has 102 valence electrons. The number of rotatable bonds is 4. The van der Waals surface area contributed by atoms with Crippen molar-refractivity contribution < 1.29 is 9.32 Å². The molecule has 0 saturated heterocycles. The van der Waals surface area contributed by atoms with E-state index in [9.17, 15) is 4.79 Å². The van der Waals surface area contributed by atoms with Crippen molar-refractivity contribution in [2.75, 3.05) is 6.54 Å². The van der Waals surface area contributed by atoms with Gasteiger partial charge in [0.1, 0.15) is 0 Å². The van der Waals surface area contributed by atoms with Gasteiger partial charge in [-0.3, -0.25) is 4.79 Å². The third-order valence-electron chi connectivity index (χ3n) is 5.25. The van der Waals surface area contributed by atoms with Crippen LogP contribution in [0.25, 0.3) is 0 Å². The lowest BCUT2D eigenvalue weighted by Crippen LogP contribution is -2.29. The molecule has 3 saturated carbocycles. The van der Waals surface area contributed by atoms with Gasteiger partial charge in [-0.05, 0) is 49.9 Å². The fraction of sp³-hybridized carbons (Fsp3) is 0.786. The standard InChI is InChI=1S/C14H19N3O2/c1-7-16-10(19-17-7)4-5-15-14(18)13-11-8-2-3-9(6-8)12(11)13/h8-9,11-13H,2-6H2,1H3,(H,15,18)/t8-,9-,11-,12+,13?/m0/s1. The number of hydrogen-bond acceptors (Lipinski definition) is 4. The van der Waals surface area contributed by atoms with Gasteiger partial charge in [-0.15, -0.1) is 0 Å². The Hall–Kier alpha value is -1.39. The maximum atomic E-state index is 12.2. The normalized spacial score (nSPS) is 38.3. The molecule has 5 atom stereocenters. The van der Waals surface area contributed by atoms with E-state index < -0.39 is 0 Å². The highest BCUT2D eigenvalue weighted by Crippen LogP contribution is 2.69. The van der Waals surface area contributed by atoms with Crippen LogP contribution in [-0.4, -0.2) is 22.6 Å². The van der Waals surface area contributed by atoms with Gasteiger partial charge in [-0.2, -0.15) is 4.98 Å². The van der Waals surface area contributed by atoms with Gasteiger partial charge in [-0.1, -0.05) is 5.16 Å². The minimum absolute atomic E-state index is 0.253. The van der Waals surface area contributed by atoms with Crippen molar-refractivity contribution in [1.82, 2.24) is 15.5 Å². The van der Waals surface area contributed by atoms with E-state index in [1.54, 1.807) is 6.92 Å². The summed E-state index contributed by atoms with van der Waals surface area (Å²) >= 11 is 0. The largest absolute Gasteiger partial charge is 0.355 e. The summed E-state index contributed by atoms with van der Waals surface area (Å²) in [5.74, 6) is 4.95. The SMILES string of the molecule is Cc1noc(CCNC(=O)C2[C@@H]3[C@H]4CC[C@@H](C4)[C@H]23)n1. The van der Waals surface area contributed by atoms with Crippen LogP contribution in [0.5, 0.6) is 0 Å². The van der Waals surface area contributed by atoms with E-state index in [1.165, 1.54) is 19.3 Å². The Labute approximate surface area is 112 Å². The lowest BCUT2D eigenvalue weighted by molar-refractivity contribution is -0.123. The van der Waals surface area contributed by atoms with Crippen molar-refractivity contribution in [1.29, 1.82) is 0 Å². The van der Waals surface area contributed by atoms with Gasteiger partial charge in [0.2, 0.25) is 11.8 Å². The van der Waals surface area contributed by atoms with Gasteiger partial charge < -0.3 is 9.84 Å². The molecule has 1 heterocycles. The second kappa shape index (κ2) is 4.05. The second-order valence-electron chi connectivity index (χ2n) is 6.29. The third kappa shape index (κ3) is 1.78. The molecule has 0 aromatic carbocycles. The summed E-state index contributed by atoms with van der Waals surface area (Å²) in [7, 11) is 0. The highest BCUT2D eigenvalue weighted by Gasteiger charge is 2.67. The molecule has 1 aromatic heterocycles. The summed E-state index contributed by atoms with van der Waals surface area (Å²) in [5, 5.41) is 6.77. The first-order valence-corrected chi connectivity index (χ1v) is 7.31. The minimum atomic E-state index is 0.253. The maximum Gasteiger partial charge on any atom is 0.228 e. The predicted molar refractivity (Wildman–Crippen MR) is 67.0 cm³/mol. The summed E-state index contributed by atoms with van der Waals surface area (Å²) < 4.78 is 5.03. The van der Waals surface area contributed by atoms with Gasteiger partial charge in [-0.25, -0.2) is 0 Å². The van der Waals surface area contributed by atoms with Crippen molar-refractivity contribution >= 4 is 5.91 Å². The molecule has 3 aliphatic carbocycles. The van der Waals surface area contributed by atoms with E-state index in [2.05, 4.69) is 15.5 Å². The molecule has 0 aliphatic heterocycles. The zero-order valence-electron chi connectivity index (χ0n) is 11.1. The first-order valence-electron chi connectivity index (χ1n) is 7.31. The smallest absolute Gasteiger partial charge is 0.228 e. The van der Waals surface area contributed by atoms with E-state index >= 15 is 0 Å². The summed E-state index contributed by atoms with van der Waals surface area (Å²) in [6.07, 6.45) is 4.73. The van der Waals surface area contributed by atoms with E-state index in [4.69, 9.17) is 4.52 Å². The van der Waals surface area contributed by atoms with Gasteiger partial charge >= 0.3 is 0 Å². The number of nitrogens with zero attached hydrogens (tertiary/aromatic N) is 2. The van der Waals surface area contributed by atoms with Crippen molar-refractivity contribution in [2.45, 2.75) is 32.6 Å². The molecule has 2 bridgehead atoms. The number of carbonyl (C=O) groups excluding carboxylic acids is 1.